The number of unbranched alkanes of at least 4 members (excludes halogenated alkanes) is 4. The lowest BCUT2D eigenvalue weighted by Gasteiger charge is -2.05. The Morgan fingerprint density at radius 1 is 1.05 bits per heavy atom. The van der Waals surface area contributed by atoms with E-state index in [0.717, 1.165) is 38.2 Å². The summed E-state index contributed by atoms with van der Waals surface area (Å²) >= 11 is 0. The minimum absolute atomic E-state index is 0.326. The molecule has 0 aromatic heterocycles. The van der Waals surface area contributed by atoms with Gasteiger partial charge in [0, 0.05) is 12.0 Å². The van der Waals surface area contributed by atoms with Crippen LogP contribution in [0.3, 0.4) is 0 Å². The van der Waals surface area contributed by atoms with Crippen molar-refractivity contribution in [1.82, 2.24) is 0 Å². The highest BCUT2D eigenvalue weighted by Crippen LogP contribution is 2.14. The van der Waals surface area contributed by atoms with Gasteiger partial charge < -0.3 is 5.11 Å². The number of hydrogen-bond donors (Lipinski definition) is 1. The van der Waals surface area contributed by atoms with E-state index in [0.29, 0.717) is 5.92 Å². The number of nitrogens with zero attached hydrogens (tertiary/aromatic N) is 1. The summed E-state index contributed by atoms with van der Waals surface area (Å²) < 4.78 is 0. The fourth-order valence-electron chi connectivity index (χ4n) is 1.90. The molecule has 0 rings (SSSR count). The van der Waals surface area contributed by atoms with Crippen molar-refractivity contribution in [3.05, 3.63) is 24.3 Å². The zero-order valence-corrected chi connectivity index (χ0v) is 14.6. The van der Waals surface area contributed by atoms with Gasteiger partial charge in [-0.2, -0.15) is 5.26 Å². The Kier molecular flexibility index (Phi) is 20.1. The normalized spacial score (nSPS) is 11.9. The number of carboxylic acids is 1. The molecule has 1 N–H and O–H groups in total. The summed E-state index contributed by atoms with van der Waals surface area (Å²) in [6.45, 7) is 6.46. The Morgan fingerprint density at radius 2 is 1.73 bits per heavy atom. The number of hydrogen-bond acceptors (Lipinski definition) is 2. The van der Waals surface area contributed by atoms with Crippen LogP contribution in [0.25, 0.3) is 0 Å². The Balaban J connectivity index is 0. The molecule has 0 heterocycles. The van der Waals surface area contributed by atoms with Crippen molar-refractivity contribution in [3.8, 4) is 6.07 Å². The van der Waals surface area contributed by atoms with Crippen LogP contribution in [0.5, 0.6) is 0 Å². The molecule has 0 aromatic carbocycles. The Hall–Kier alpha value is -1.56. The van der Waals surface area contributed by atoms with E-state index in [2.05, 4.69) is 26.8 Å². The third kappa shape index (κ3) is 20.8. The highest BCUT2D eigenvalue weighted by molar-refractivity contribution is 5.80. The standard InChI is InChI=1S/C10H19N.C9H14O2/c1-3-5-6-8-10(9-11)7-4-2;1-2-3-4-5-6-7-8-9(10)11/h10H,3-8H2,1-2H3;5-8H,2-4H2,1H3,(H,10,11)/b;6-5+,8-7+. The average molecular weight is 307 g/mol. The summed E-state index contributed by atoms with van der Waals surface area (Å²) in [5.74, 6) is -0.573. The summed E-state index contributed by atoms with van der Waals surface area (Å²) in [6, 6.07) is 2.36. The molecular formula is C19H33NO2. The molecule has 0 saturated carbocycles. The van der Waals surface area contributed by atoms with Crippen molar-refractivity contribution >= 4 is 5.97 Å². The van der Waals surface area contributed by atoms with E-state index in [-0.39, 0.29) is 0 Å². The van der Waals surface area contributed by atoms with Gasteiger partial charge in [0.25, 0.3) is 0 Å². The van der Waals surface area contributed by atoms with Crippen molar-refractivity contribution in [3.63, 3.8) is 0 Å². The maximum Gasteiger partial charge on any atom is 0.328 e. The van der Waals surface area contributed by atoms with Crippen molar-refractivity contribution in [2.24, 2.45) is 5.92 Å². The van der Waals surface area contributed by atoms with Gasteiger partial charge in [0.15, 0.2) is 0 Å². The number of carbonyl (C=O) groups is 1. The maximum atomic E-state index is 9.97. The first-order chi connectivity index (χ1) is 10.6. The van der Waals surface area contributed by atoms with E-state index in [9.17, 15) is 4.79 Å². The van der Waals surface area contributed by atoms with Gasteiger partial charge in [-0.05, 0) is 19.3 Å². The summed E-state index contributed by atoms with van der Waals surface area (Å²) in [4.78, 5) is 9.97. The van der Waals surface area contributed by atoms with Crippen LogP contribution in [-0.4, -0.2) is 11.1 Å². The molecular weight excluding hydrogens is 274 g/mol. The number of rotatable bonds is 11. The van der Waals surface area contributed by atoms with E-state index >= 15 is 0 Å². The largest absolute Gasteiger partial charge is 0.478 e. The quantitative estimate of drug-likeness (QED) is 0.294. The lowest BCUT2D eigenvalue weighted by atomic mass is 9.98. The van der Waals surface area contributed by atoms with Gasteiger partial charge in [0.2, 0.25) is 0 Å². The SMILES string of the molecule is CCCC/C=C/C=C/C(=O)O.CCCCCC(C#N)CCC. The van der Waals surface area contributed by atoms with E-state index in [1.54, 1.807) is 6.08 Å². The highest BCUT2D eigenvalue weighted by atomic mass is 16.4. The first kappa shape index (κ1) is 22.7. The number of carboxylic acid groups (broad SMARTS) is 1. The summed E-state index contributed by atoms with van der Waals surface area (Å²) in [6.07, 6.45) is 16.9. The minimum atomic E-state index is -0.898. The van der Waals surface area contributed by atoms with Gasteiger partial charge >= 0.3 is 5.97 Å². The second-order valence-corrected chi connectivity index (χ2v) is 5.38. The predicted octanol–water partition coefficient (Wildman–Crippen LogP) is 5.88. The van der Waals surface area contributed by atoms with Gasteiger partial charge in [-0.1, -0.05) is 77.5 Å². The molecule has 0 radical (unpaired) electrons. The summed E-state index contributed by atoms with van der Waals surface area (Å²) in [7, 11) is 0. The molecule has 3 heteroatoms. The molecule has 0 saturated heterocycles. The topological polar surface area (TPSA) is 61.1 Å². The Morgan fingerprint density at radius 3 is 2.23 bits per heavy atom. The lowest BCUT2D eigenvalue weighted by molar-refractivity contribution is -0.131. The first-order valence-corrected chi connectivity index (χ1v) is 8.57. The van der Waals surface area contributed by atoms with Crippen molar-refractivity contribution in [2.45, 2.75) is 78.6 Å². The molecule has 22 heavy (non-hydrogen) atoms. The predicted molar refractivity (Wildman–Crippen MR) is 93.6 cm³/mol. The fraction of sp³-hybridized carbons (Fsp3) is 0.684. The van der Waals surface area contributed by atoms with E-state index in [4.69, 9.17) is 10.4 Å². The fourth-order valence-corrected chi connectivity index (χ4v) is 1.90. The highest BCUT2D eigenvalue weighted by Gasteiger charge is 2.04. The van der Waals surface area contributed by atoms with Gasteiger partial charge in [-0.3, -0.25) is 0 Å². The first-order valence-electron chi connectivity index (χ1n) is 8.57. The molecule has 0 bridgehead atoms. The Bertz CT molecular complexity index is 340. The van der Waals surface area contributed by atoms with Crippen LogP contribution in [0.1, 0.15) is 78.6 Å². The second-order valence-electron chi connectivity index (χ2n) is 5.38. The lowest BCUT2D eigenvalue weighted by Crippen LogP contribution is -1.95. The van der Waals surface area contributed by atoms with Crippen molar-refractivity contribution < 1.29 is 9.90 Å². The maximum absolute atomic E-state index is 9.97. The third-order valence-electron chi connectivity index (χ3n) is 3.19. The van der Waals surface area contributed by atoms with E-state index in [1.165, 1.54) is 31.8 Å². The van der Waals surface area contributed by atoms with Crippen molar-refractivity contribution in [2.75, 3.05) is 0 Å². The van der Waals surface area contributed by atoms with Crippen LogP contribution in [0.2, 0.25) is 0 Å². The summed E-state index contributed by atoms with van der Waals surface area (Å²) in [5, 5.41) is 16.9. The molecule has 0 amide bonds. The molecule has 0 fully saturated rings. The zero-order valence-electron chi connectivity index (χ0n) is 14.6. The second kappa shape index (κ2) is 19.4. The monoisotopic (exact) mass is 307 g/mol. The number of allylic oxidation sites excluding steroid dienone is 3. The smallest absolute Gasteiger partial charge is 0.328 e. The van der Waals surface area contributed by atoms with Crippen molar-refractivity contribution in [1.29, 1.82) is 5.26 Å². The van der Waals surface area contributed by atoms with Gasteiger partial charge in [-0.25, -0.2) is 4.79 Å². The third-order valence-corrected chi connectivity index (χ3v) is 3.19. The number of aliphatic carboxylic acids is 1. The minimum Gasteiger partial charge on any atom is -0.478 e. The zero-order chi connectivity index (χ0) is 17.1. The van der Waals surface area contributed by atoms with Gasteiger partial charge in [-0.15, -0.1) is 0 Å². The van der Waals surface area contributed by atoms with Crippen LogP contribution in [0, 0.1) is 17.2 Å². The van der Waals surface area contributed by atoms with Gasteiger partial charge in [0.1, 0.15) is 0 Å². The van der Waals surface area contributed by atoms with Crippen LogP contribution < -0.4 is 0 Å². The van der Waals surface area contributed by atoms with E-state index in [1.807, 2.05) is 6.08 Å². The van der Waals surface area contributed by atoms with Crippen LogP contribution in [0.15, 0.2) is 24.3 Å². The van der Waals surface area contributed by atoms with Crippen LogP contribution in [-0.2, 0) is 4.79 Å². The Labute approximate surface area is 136 Å². The van der Waals surface area contributed by atoms with E-state index < -0.39 is 5.97 Å². The molecule has 126 valence electrons. The molecule has 0 spiro atoms. The van der Waals surface area contributed by atoms with Crippen LogP contribution in [0.4, 0.5) is 0 Å². The molecule has 0 aromatic rings. The molecule has 1 atom stereocenters. The number of nitriles is 1. The summed E-state index contributed by atoms with van der Waals surface area (Å²) in [5.41, 5.74) is 0. The molecule has 0 aliphatic rings. The van der Waals surface area contributed by atoms with Gasteiger partial charge in [0.05, 0.1) is 6.07 Å². The molecule has 1 unspecified atom stereocenters. The average Bonchev–Trinajstić information content (AvgIpc) is 2.50. The van der Waals surface area contributed by atoms with Crippen LogP contribution >= 0.6 is 0 Å². The molecule has 0 aliphatic heterocycles. The molecule has 3 nitrogen and oxygen atoms in total. The molecule has 0 aliphatic carbocycles.